The number of alkyl halides is 1. The Hall–Kier alpha value is -2.29. The van der Waals surface area contributed by atoms with Crippen LogP contribution in [0.1, 0.15) is 17.5 Å². The third kappa shape index (κ3) is 4.43. The molecular formula is C17H18FNO. The molecule has 104 valence electrons. The molecule has 2 N–H and O–H groups in total. The van der Waals surface area contributed by atoms with E-state index >= 15 is 0 Å². The number of hydrogen-bond donors (Lipinski definition) is 1. The highest BCUT2D eigenvalue weighted by Gasteiger charge is 1.94. The first-order valence-electron chi connectivity index (χ1n) is 6.60. The number of rotatable bonds is 6. The molecule has 2 rings (SSSR count). The van der Waals surface area contributed by atoms with E-state index in [9.17, 15) is 4.39 Å². The van der Waals surface area contributed by atoms with E-state index in [0.717, 1.165) is 22.6 Å². The summed E-state index contributed by atoms with van der Waals surface area (Å²) in [6, 6.07) is 15.4. The van der Waals surface area contributed by atoms with Crippen LogP contribution in [0.25, 0.3) is 12.2 Å². The molecule has 3 heteroatoms. The largest absolute Gasteiger partial charge is 0.493 e. The number of anilines is 1. The van der Waals surface area contributed by atoms with Crippen molar-refractivity contribution in [3.8, 4) is 5.75 Å². The van der Waals surface area contributed by atoms with Crippen molar-refractivity contribution in [3.63, 3.8) is 0 Å². The second-order valence-electron chi connectivity index (χ2n) is 4.46. The van der Waals surface area contributed by atoms with E-state index in [1.54, 1.807) is 0 Å². The smallest absolute Gasteiger partial charge is 0.119 e. The van der Waals surface area contributed by atoms with E-state index in [0.29, 0.717) is 13.0 Å². The van der Waals surface area contributed by atoms with Gasteiger partial charge >= 0.3 is 0 Å². The van der Waals surface area contributed by atoms with Crippen molar-refractivity contribution < 1.29 is 9.13 Å². The number of halogens is 1. The molecule has 0 unspecified atom stereocenters. The van der Waals surface area contributed by atoms with Gasteiger partial charge in [-0.25, -0.2) is 0 Å². The Balaban J connectivity index is 1.94. The van der Waals surface area contributed by atoms with E-state index < -0.39 is 0 Å². The fourth-order valence-electron chi connectivity index (χ4n) is 1.72. The average Bonchev–Trinajstić information content (AvgIpc) is 2.48. The minimum Gasteiger partial charge on any atom is -0.493 e. The number of nitrogens with two attached hydrogens (primary N) is 1. The van der Waals surface area contributed by atoms with Crippen molar-refractivity contribution in [1.29, 1.82) is 0 Å². The maximum absolute atomic E-state index is 11.9. The molecule has 0 saturated carbocycles. The highest BCUT2D eigenvalue weighted by molar-refractivity contribution is 5.70. The van der Waals surface area contributed by atoms with Gasteiger partial charge in [-0.2, -0.15) is 0 Å². The van der Waals surface area contributed by atoms with Gasteiger partial charge in [0.25, 0.3) is 0 Å². The molecule has 0 aromatic heterocycles. The van der Waals surface area contributed by atoms with Gasteiger partial charge in [0, 0.05) is 12.1 Å². The summed E-state index contributed by atoms with van der Waals surface area (Å²) in [5.41, 5.74) is 8.58. The number of benzene rings is 2. The summed E-state index contributed by atoms with van der Waals surface area (Å²) in [7, 11) is 0. The molecule has 2 aromatic carbocycles. The lowest BCUT2D eigenvalue weighted by Crippen LogP contribution is -1.97. The Morgan fingerprint density at radius 1 is 0.900 bits per heavy atom. The first kappa shape index (κ1) is 14.1. The molecular weight excluding hydrogens is 253 g/mol. The Kier molecular flexibility index (Phi) is 5.18. The monoisotopic (exact) mass is 271 g/mol. The molecule has 0 atom stereocenters. The Morgan fingerprint density at radius 3 is 2.00 bits per heavy atom. The van der Waals surface area contributed by atoms with Crippen LogP contribution in [-0.4, -0.2) is 13.3 Å². The highest BCUT2D eigenvalue weighted by atomic mass is 19.1. The topological polar surface area (TPSA) is 35.2 Å². The van der Waals surface area contributed by atoms with E-state index in [1.165, 1.54) is 0 Å². The second-order valence-corrected chi connectivity index (χ2v) is 4.46. The number of ether oxygens (including phenoxy) is 1. The lowest BCUT2D eigenvalue weighted by atomic mass is 10.1. The molecule has 0 spiro atoms. The minimum absolute atomic E-state index is 0.345. The Bertz CT molecular complexity index is 546. The van der Waals surface area contributed by atoms with Gasteiger partial charge in [0.15, 0.2) is 0 Å². The van der Waals surface area contributed by atoms with Crippen LogP contribution in [0, 0.1) is 0 Å². The maximum Gasteiger partial charge on any atom is 0.119 e. The standard InChI is InChI=1S/C17H18FNO/c18-12-1-13-20-17-10-6-15(7-11-17)3-2-14-4-8-16(19)9-5-14/h2-11H,1,12-13,19H2/b3-2+. The van der Waals surface area contributed by atoms with Gasteiger partial charge in [-0.05, 0) is 35.4 Å². The van der Waals surface area contributed by atoms with E-state index in [4.69, 9.17) is 10.5 Å². The Morgan fingerprint density at radius 2 is 1.45 bits per heavy atom. The molecule has 20 heavy (non-hydrogen) atoms. The van der Waals surface area contributed by atoms with Crippen LogP contribution in [0.5, 0.6) is 5.75 Å². The Labute approximate surface area is 118 Å². The summed E-state index contributed by atoms with van der Waals surface area (Å²) in [6.45, 7) is 0.0690. The van der Waals surface area contributed by atoms with Gasteiger partial charge in [0.2, 0.25) is 0 Å². The van der Waals surface area contributed by atoms with Crippen LogP contribution in [0.4, 0.5) is 10.1 Å². The summed E-state index contributed by atoms with van der Waals surface area (Å²) in [5, 5.41) is 0. The molecule has 0 aliphatic heterocycles. The molecule has 2 nitrogen and oxygen atoms in total. The lowest BCUT2D eigenvalue weighted by molar-refractivity contribution is 0.289. The summed E-state index contributed by atoms with van der Waals surface area (Å²) >= 11 is 0. The van der Waals surface area contributed by atoms with Gasteiger partial charge in [0.1, 0.15) is 5.75 Å². The zero-order chi connectivity index (χ0) is 14.2. The quantitative estimate of drug-likeness (QED) is 0.486. The second kappa shape index (κ2) is 7.34. The van der Waals surface area contributed by atoms with E-state index in [-0.39, 0.29) is 6.67 Å². The first-order valence-corrected chi connectivity index (χ1v) is 6.60. The van der Waals surface area contributed by atoms with Crippen molar-refractivity contribution in [2.45, 2.75) is 6.42 Å². The SMILES string of the molecule is Nc1ccc(/C=C/c2ccc(OCCCF)cc2)cc1. The fraction of sp³-hybridized carbons (Fsp3) is 0.176. The third-order valence-electron chi connectivity index (χ3n) is 2.83. The van der Waals surface area contributed by atoms with Gasteiger partial charge < -0.3 is 10.5 Å². The molecule has 2 aromatic rings. The van der Waals surface area contributed by atoms with Crippen LogP contribution in [0.3, 0.4) is 0 Å². The normalized spacial score (nSPS) is 10.8. The molecule has 0 radical (unpaired) electrons. The van der Waals surface area contributed by atoms with E-state index in [1.807, 2.05) is 60.7 Å². The molecule has 0 aliphatic carbocycles. The van der Waals surface area contributed by atoms with Crippen LogP contribution in [0.2, 0.25) is 0 Å². The van der Waals surface area contributed by atoms with Crippen molar-refractivity contribution >= 4 is 17.8 Å². The summed E-state index contributed by atoms with van der Waals surface area (Å²) in [6.07, 6.45) is 4.48. The van der Waals surface area contributed by atoms with Crippen molar-refractivity contribution in [2.24, 2.45) is 0 Å². The van der Waals surface area contributed by atoms with Gasteiger partial charge in [0.05, 0.1) is 13.3 Å². The van der Waals surface area contributed by atoms with Crippen molar-refractivity contribution in [3.05, 3.63) is 59.7 Å². The zero-order valence-corrected chi connectivity index (χ0v) is 11.3. The molecule has 0 aliphatic rings. The van der Waals surface area contributed by atoms with Gasteiger partial charge in [-0.3, -0.25) is 4.39 Å². The van der Waals surface area contributed by atoms with Crippen LogP contribution in [0.15, 0.2) is 48.5 Å². The predicted molar refractivity (Wildman–Crippen MR) is 82.3 cm³/mol. The average molecular weight is 271 g/mol. The molecule has 0 amide bonds. The lowest BCUT2D eigenvalue weighted by Gasteiger charge is -2.04. The van der Waals surface area contributed by atoms with Gasteiger partial charge in [-0.15, -0.1) is 0 Å². The van der Waals surface area contributed by atoms with Crippen LogP contribution >= 0.6 is 0 Å². The molecule has 0 bridgehead atoms. The first-order chi connectivity index (χ1) is 9.78. The molecule has 0 fully saturated rings. The summed E-state index contributed by atoms with van der Waals surface area (Å²) in [5.74, 6) is 0.767. The van der Waals surface area contributed by atoms with Crippen LogP contribution in [-0.2, 0) is 0 Å². The van der Waals surface area contributed by atoms with Gasteiger partial charge in [-0.1, -0.05) is 36.4 Å². The number of hydrogen-bond acceptors (Lipinski definition) is 2. The predicted octanol–water partition coefficient (Wildman–Crippen LogP) is 4.18. The summed E-state index contributed by atoms with van der Waals surface area (Å²) in [4.78, 5) is 0. The fourth-order valence-corrected chi connectivity index (χ4v) is 1.72. The van der Waals surface area contributed by atoms with E-state index in [2.05, 4.69) is 0 Å². The summed E-state index contributed by atoms with van der Waals surface area (Å²) < 4.78 is 17.3. The molecule has 0 heterocycles. The zero-order valence-electron chi connectivity index (χ0n) is 11.3. The van der Waals surface area contributed by atoms with Crippen molar-refractivity contribution in [2.75, 3.05) is 19.0 Å². The minimum atomic E-state index is -0.345. The molecule has 0 saturated heterocycles. The van der Waals surface area contributed by atoms with Crippen LogP contribution < -0.4 is 10.5 Å². The third-order valence-corrected chi connectivity index (χ3v) is 2.83. The highest BCUT2D eigenvalue weighted by Crippen LogP contribution is 2.15. The maximum atomic E-state index is 11.9. The van der Waals surface area contributed by atoms with Crippen molar-refractivity contribution in [1.82, 2.24) is 0 Å². The number of nitrogen functional groups attached to an aromatic ring is 1.